The van der Waals surface area contributed by atoms with Gasteiger partial charge in [-0.2, -0.15) is 5.10 Å². The minimum atomic E-state index is -0.308. The van der Waals surface area contributed by atoms with Gasteiger partial charge in [-0.05, 0) is 31.0 Å². The lowest BCUT2D eigenvalue weighted by Crippen LogP contribution is -2.45. The van der Waals surface area contributed by atoms with Crippen molar-refractivity contribution >= 4 is 22.9 Å². The lowest BCUT2D eigenvalue weighted by molar-refractivity contribution is 0.0684. The summed E-state index contributed by atoms with van der Waals surface area (Å²) >= 11 is 0. The maximum atomic E-state index is 13.5. The van der Waals surface area contributed by atoms with Crippen LogP contribution in [0.3, 0.4) is 0 Å². The van der Waals surface area contributed by atoms with Gasteiger partial charge in [0, 0.05) is 66.7 Å². The number of rotatable bonds is 3. The number of H-pyrrole nitrogens is 3. The number of amides is 1. The molecule has 1 saturated heterocycles. The molecule has 0 atom stereocenters. The van der Waals surface area contributed by atoms with E-state index in [1.807, 2.05) is 12.1 Å². The number of carbonyl (C=O) groups excluding carboxylic acids is 1. The van der Waals surface area contributed by atoms with E-state index < -0.39 is 0 Å². The van der Waals surface area contributed by atoms with Gasteiger partial charge in [-0.3, -0.25) is 24.2 Å². The fourth-order valence-corrected chi connectivity index (χ4v) is 5.67. The molecular weight excluding hydrogens is 460 g/mol. The summed E-state index contributed by atoms with van der Waals surface area (Å²) in [6, 6.07) is 6.89. The van der Waals surface area contributed by atoms with Crippen LogP contribution in [0.5, 0.6) is 0 Å². The van der Waals surface area contributed by atoms with Crippen LogP contribution < -0.4 is 16.1 Å². The summed E-state index contributed by atoms with van der Waals surface area (Å²) in [7, 11) is 0. The molecule has 1 amide bonds. The molecule has 0 spiro atoms. The predicted octanol–water partition coefficient (Wildman–Crippen LogP) is 1.91. The third-order valence-corrected chi connectivity index (χ3v) is 7.37. The highest BCUT2D eigenvalue weighted by atomic mass is 16.2. The summed E-state index contributed by atoms with van der Waals surface area (Å²) in [6.07, 6.45) is 4.88. The second-order valence-corrected chi connectivity index (χ2v) is 10.3. The van der Waals surface area contributed by atoms with Gasteiger partial charge in [0.25, 0.3) is 5.91 Å². The van der Waals surface area contributed by atoms with Gasteiger partial charge in [-0.1, -0.05) is 13.8 Å². The van der Waals surface area contributed by atoms with Crippen molar-refractivity contribution in [1.82, 2.24) is 34.6 Å². The van der Waals surface area contributed by atoms with Gasteiger partial charge in [0.05, 0.1) is 11.7 Å². The molecule has 6 rings (SSSR count). The molecule has 6 heterocycles. The van der Waals surface area contributed by atoms with Gasteiger partial charge < -0.3 is 14.8 Å². The topological polar surface area (TPSA) is 136 Å². The minimum Gasteiger partial charge on any atom is -0.358 e. The molecule has 11 heteroatoms. The molecule has 3 N–H and O–H groups in total. The van der Waals surface area contributed by atoms with Crippen molar-refractivity contribution in [3.05, 3.63) is 74.3 Å². The Morgan fingerprint density at radius 1 is 1.14 bits per heavy atom. The lowest BCUT2D eigenvalue weighted by Gasteiger charge is -2.37. The SMILES string of the molecule is CC1(C)CN(C(=O)c2cc(N3CCC(n4c(=O)[nH]c5ncccc54)CC3)[nH]c(=O)c2)Cc2cn[nH]c21. The average molecular weight is 489 g/mol. The number of fused-ring (bicyclic) bond motifs is 2. The van der Waals surface area contributed by atoms with Gasteiger partial charge in [0.2, 0.25) is 5.56 Å². The van der Waals surface area contributed by atoms with Crippen LogP contribution in [0.2, 0.25) is 0 Å². The maximum Gasteiger partial charge on any atom is 0.327 e. The highest BCUT2D eigenvalue weighted by molar-refractivity contribution is 5.95. The monoisotopic (exact) mass is 488 g/mol. The maximum absolute atomic E-state index is 13.5. The molecule has 4 aromatic heterocycles. The number of hydrogen-bond donors (Lipinski definition) is 3. The van der Waals surface area contributed by atoms with Gasteiger partial charge in [-0.15, -0.1) is 0 Å². The molecule has 4 aromatic rings. The molecule has 1 fully saturated rings. The van der Waals surface area contributed by atoms with Crippen molar-refractivity contribution in [3.63, 3.8) is 0 Å². The van der Waals surface area contributed by atoms with Crippen molar-refractivity contribution in [3.8, 4) is 0 Å². The van der Waals surface area contributed by atoms with Gasteiger partial charge in [-0.25, -0.2) is 9.78 Å². The van der Waals surface area contributed by atoms with E-state index in [9.17, 15) is 14.4 Å². The zero-order valence-corrected chi connectivity index (χ0v) is 20.2. The van der Waals surface area contributed by atoms with E-state index in [0.29, 0.717) is 43.2 Å². The zero-order valence-electron chi connectivity index (χ0n) is 20.2. The first kappa shape index (κ1) is 22.3. The molecule has 0 unspecified atom stereocenters. The third-order valence-electron chi connectivity index (χ3n) is 7.37. The Morgan fingerprint density at radius 2 is 1.94 bits per heavy atom. The van der Waals surface area contributed by atoms with E-state index in [-0.39, 0.29) is 28.6 Å². The molecule has 36 heavy (non-hydrogen) atoms. The Kier molecular flexibility index (Phi) is 5.09. The number of imidazole rings is 1. The van der Waals surface area contributed by atoms with Crippen molar-refractivity contribution < 1.29 is 4.79 Å². The largest absolute Gasteiger partial charge is 0.358 e. The fraction of sp³-hybridized carbons (Fsp3) is 0.400. The van der Waals surface area contributed by atoms with Crippen LogP contribution >= 0.6 is 0 Å². The number of nitrogens with zero attached hydrogens (tertiary/aromatic N) is 5. The molecule has 0 aromatic carbocycles. The number of piperidine rings is 1. The normalized spacial score (nSPS) is 17.9. The van der Waals surface area contributed by atoms with E-state index >= 15 is 0 Å². The van der Waals surface area contributed by atoms with Crippen LogP contribution in [0, 0.1) is 0 Å². The molecule has 0 saturated carbocycles. The molecule has 0 aliphatic carbocycles. The second-order valence-electron chi connectivity index (χ2n) is 10.3. The first-order chi connectivity index (χ1) is 17.3. The first-order valence-electron chi connectivity index (χ1n) is 12.2. The quantitative estimate of drug-likeness (QED) is 0.403. The number of carbonyl (C=O) groups is 1. The predicted molar refractivity (Wildman–Crippen MR) is 134 cm³/mol. The second kappa shape index (κ2) is 8.21. The van der Waals surface area contributed by atoms with Crippen LogP contribution in [0.25, 0.3) is 11.2 Å². The van der Waals surface area contributed by atoms with Gasteiger partial charge in [0.1, 0.15) is 5.82 Å². The lowest BCUT2D eigenvalue weighted by atomic mass is 9.83. The number of aromatic nitrogens is 6. The minimum absolute atomic E-state index is 0.0305. The zero-order chi connectivity index (χ0) is 25.0. The van der Waals surface area contributed by atoms with E-state index in [1.165, 1.54) is 6.07 Å². The van der Waals surface area contributed by atoms with E-state index in [4.69, 9.17) is 0 Å². The highest BCUT2D eigenvalue weighted by Crippen LogP contribution is 2.32. The summed E-state index contributed by atoms with van der Waals surface area (Å²) in [4.78, 5) is 52.4. The molecule has 2 aliphatic rings. The molecular formula is C25H28N8O3. The van der Waals surface area contributed by atoms with Crippen molar-refractivity contribution in [2.45, 2.75) is 44.7 Å². The van der Waals surface area contributed by atoms with Crippen LogP contribution in [0.4, 0.5) is 5.82 Å². The summed E-state index contributed by atoms with van der Waals surface area (Å²) in [5.41, 5.74) is 3.07. The Hall–Kier alpha value is -4.15. The highest BCUT2D eigenvalue weighted by Gasteiger charge is 2.36. The van der Waals surface area contributed by atoms with Crippen molar-refractivity contribution in [2.75, 3.05) is 24.5 Å². The average Bonchev–Trinajstić information content (AvgIpc) is 3.47. The Balaban J connectivity index is 1.21. The van der Waals surface area contributed by atoms with Crippen LogP contribution in [0.15, 0.2) is 46.2 Å². The number of hydrogen-bond acceptors (Lipinski definition) is 6. The van der Waals surface area contributed by atoms with Crippen molar-refractivity contribution in [1.29, 1.82) is 0 Å². The summed E-state index contributed by atoms with van der Waals surface area (Å²) in [6.45, 7) is 6.43. The van der Waals surface area contributed by atoms with Gasteiger partial charge >= 0.3 is 5.69 Å². The number of anilines is 1. The van der Waals surface area contributed by atoms with E-state index in [0.717, 1.165) is 29.6 Å². The van der Waals surface area contributed by atoms with Crippen LogP contribution in [0.1, 0.15) is 54.3 Å². The number of aromatic amines is 3. The smallest absolute Gasteiger partial charge is 0.327 e. The molecule has 0 bridgehead atoms. The summed E-state index contributed by atoms with van der Waals surface area (Å²) < 4.78 is 1.78. The molecule has 186 valence electrons. The van der Waals surface area contributed by atoms with Crippen LogP contribution in [-0.2, 0) is 12.0 Å². The standard InChI is InChI=1S/C25H28N8O3/c1-25(2)14-32(13-16-12-27-30-21(16)25)23(35)15-10-19(28-20(34)11-15)31-8-5-17(6-9-31)33-18-4-3-7-26-22(18)29-24(33)36/h3-4,7,10-12,17H,5-6,8-9,13-14H2,1-2H3,(H,27,30)(H,28,34)(H,26,29,36). The Bertz CT molecular complexity index is 1570. The van der Waals surface area contributed by atoms with E-state index in [1.54, 1.807) is 27.9 Å². The Morgan fingerprint density at radius 3 is 2.75 bits per heavy atom. The first-order valence-corrected chi connectivity index (χ1v) is 12.2. The van der Waals surface area contributed by atoms with Crippen LogP contribution in [-0.4, -0.2) is 60.2 Å². The third kappa shape index (κ3) is 3.71. The number of nitrogens with one attached hydrogen (secondary N) is 3. The molecule has 0 radical (unpaired) electrons. The Labute approximate surface area is 206 Å². The fourth-order valence-electron chi connectivity index (χ4n) is 5.67. The summed E-state index contributed by atoms with van der Waals surface area (Å²) in [5.74, 6) is 0.451. The van der Waals surface area contributed by atoms with Gasteiger partial charge in [0.15, 0.2) is 5.65 Å². The van der Waals surface area contributed by atoms with E-state index in [2.05, 4.69) is 43.9 Å². The van der Waals surface area contributed by atoms with Crippen molar-refractivity contribution in [2.24, 2.45) is 0 Å². The molecule has 2 aliphatic heterocycles. The summed E-state index contributed by atoms with van der Waals surface area (Å²) in [5, 5.41) is 7.21. The molecule has 11 nitrogen and oxygen atoms in total. The number of pyridine rings is 2.